The number of anilines is 1. The van der Waals surface area contributed by atoms with E-state index in [0.29, 0.717) is 13.1 Å². The third-order valence-corrected chi connectivity index (χ3v) is 5.41. The van der Waals surface area contributed by atoms with Crippen molar-refractivity contribution in [3.05, 3.63) is 29.8 Å². The smallest absolute Gasteiger partial charge is 0.322 e. The summed E-state index contributed by atoms with van der Waals surface area (Å²) in [7, 11) is 0. The van der Waals surface area contributed by atoms with E-state index in [1.54, 1.807) is 0 Å². The third kappa shape index (κ3) is 4.65. The first kappa shape index (κ1) is 17.6. The normalized spacial score (nSPS) is 25.5. The molecular weight excluding hydrogens is 322 g/mol. The van der Waals surface area contributed by atoms with Gasteiger partial charge in [-0.1, -0.05) is 18.2 Å². The minimum absolute atomic E-state index is 0.0290. The van der Waals surface area contributed by atoms with Crippen LogP contribution in [0.25, 0.3) is 0 Å². The van der Waals surface area contributed by atoms with Crippen molar-refractivity contribution >= 4 is 23.5 Å². The van der Waals surface area contributed by atoms with Gasteiger partial charge in [0.25, 0.3) is 0 Å². The maximum Gasteiger partial charge on any atom is 0.322 e. The molecule has 2 aliphatic rings. The van der Waals surface area contributed by atoms with Crippen LogP contribution in [0.2, 0.25) is 0 Å². The molecule has 2 aliphatic heterocycles. The van der Waals surface area contributed by atoms with Crippen LogP contribution in [-0.2, 0) is 11.3 Å². The highest BCUT2D eigenvalue weighted by atomic mass is 32.2. The van der Waals surface area contributed by atoms with Crippen LogP contribution in [0.3, 0.4) is 0 Å². The van der Waals surface area contributed by atoms with Crippen LogP contribution in [0.15, 0.2) is 24.3 Å². The van der Waals surface area contributed by atoms with Crippen LogP contribution in [0.5, 0.6) is 0 Å². The standard InChI is InChI=1S/C18H27N3O2S/c1-14-11-21(12-15(2)23-14)18(22)19-17-6-4-3-5-16(17)13-20-7-9-24-10-8-20/h3-6,14-15H,7-13H2,1-2H3,(H,19,22)/t14-,15-/m0/s1. The first-order chi connectivity index (χ1) is 11.6. The zero-order chi connectivity index (χ0) is 16.9. The van der Waals surface area contributed by atoms with E-state index in [2.05, 4.69) is 16.3 Å². The van der Waals surface area contributed by atoms with Gasteiger partial charge in [-0.2, -0.15) is 11.8 Å². The average Bonchev–Trinajstić information content (AvgIpc) is 2.56. The van der Waals surface area contributed by atoms with Gasteiger partial charge in [0.1, 0.15) is 0 Å². The number of nitrogens with one attached hydrogen (secondary N) is 1. The topological polar surface area (TPSA) is 44.8 Å². The number of para-hydroxylation sites is 1. The van der Waals surface area contributed by atoms with Gasteiger partial charge in [0.05, 0.1) is 12.2 Å². The van der Waals surface area contributed by atoms with Crippen LogP contribution in [0.1, 0.15) is 19.4 Å². The fourth-order valence-electron chi connectivity index (χ4n) is 3.32. The summed E-state index contributed by atoms with van der Waals surface area (Å²) >= 11 is 2.01. The molecular formula is C18H27N3O2S. The summed E-state index contributed by atoms with van der Waals surface area (Å²) in [5, 5.41) is 3.11. The molecule has 2 heterocycles. The van der Waals surface area contributed by atoms with E-state index in [1.807, 2.05) is 48.7 Å². The maximum atomic E-state index is 12.6. The largest absolute Gasteiger partial charge is 0.372 e. The third-order valence-electron chi connectivity index (χ3n) is 4.46. The van der Waals surface area contributed by atoms with Gasteiger partial charge in [-0.3, -0.25) is 4.90 Å². The molecule has 132 valence electrons. The number of benzene rings is 1. The second-order valence-electron chi connectivity index (χ2n) is 6.64. The van der Waals surface area contributed by atoms with Crippen LogP contribution in [-0.4, -0.2) is 65.7 Å². The first-order valence-electron chi connectivity index (χ1n) is 8.71. The molecule has 24 heavy (non-hydrogen) atoms. The number of amides is 2. The fourth-order valence-corrected chi connectivity index (χ4v) is 4.30. The molecule has 0 spiro atoms. The molecule has 0 radical (unpaired) electrons. The lowest BCUT2D eigenvalue weighted by Crippen LogP contribution is -2.49. The van der Waals surface area contributed by atoms with Gasteiger partial charge in [-0.15, -0.1) is 0 Å². The van der Waals surface area contributed by atoms with Crippen LogP contribution in [0.4, 0.5) is 10.5 Å². The number of carbonyl (C=O) groups is 1. The summed E-state index contributed by atoms with van der Waals surface area (Å²) in [5.74, 6) is 2.39. The number of hydrogen-bond donors (Lipinski definition) is 1. The first-order valence-corrected chi connectivity index (χ1v) is 9.86. The average molecular weight is 350 g/mol. The van der Waals surface area contributed by atoms with E-state index in [0.717, 1.165) is 25.3 Å². The molecule has 2 fully saturated rings. The zero-order valence-electron chi connectivity index (χ0n) is 14.5. The van der Waals surface area contributed by atoms with Gasteiger partial charge in [0.15, 0.2) is 0 Å². The molecule has 1 aromatic rings. The number of urea groups is 1. The Bertz CT molecular complexity index is 553. The van der Waals surface area contributed by atoms with E-state index in [1.165, 1.54) is 17.1 Å². The van der Waals surface area contributed by atoms with Crippen molar-refractivity contribution in [1.29, 1.82) is 0 Å². The number of hydrogen-bond acceptors (Lipinski definition) is 4. The number of ether oxygens (including phenoxy) is 1. The van der Waals surface area contributed by atoms with Crippen LogP contribution < -0.4 is 5.32 Å². The Morgan fingerprint density at radius 2 is 1.88 bits per heavy atom. The molecule has 1 N–H and O–H groups in total. The van der Waals surface area contributed by atoms with Crippen molar-refractivity contribution in [2.75, 3.05) is 43.0 Å². The van der Waals surface area contributed by atoms with Gasteiger partial charge >= 0.3 is 6.03 Å². The predicted octanol–water partition coefficient (Wildman–Crippen LogP) is 2.88. The maximum absolute atomic E-state index is 12.6. The van der Waals surface area contributed by atoms with E-state index >= 15 is 0 Å². The predicted molar refractivity (Wildman–Crippen MR) is 99.6 cm³/mol. The molecule has 0 aromatic heterocycles. The lowest BCUT2D eigenvalue weighted by molar-refractivity contribution is -0.0530. The summed E-state index contributed by atoms with van der Waals surface area (Å²) in [6.07, 6.45) is 0.168. The van der Waals surface area contributed by atoms with Gasteiger partial charge in [-0.25, -0.2) is 4.79 Å². The fraction of sp³-hybridized carbons (Fsp3) is 0.611. The Morgan fingerprint density at radius 3 is 2.58 bits per heavy atom. The van der Waals surface area contributed by atoms with E-state index in [4.69, 9.17) is 4.74 Å². The minimum Gasteiger partial charge on any atom is -0.372 e. The minimum atomic E-state index is -0.0290. The summed E-state index contributed by atoms with van der Waals surface area (Å²) in [4.78, 5) is 17.0. The Morgan fingerprint density at radius 1 is 1.21 bits per heavy atom. The van der Waals surface area contributed by atoms with Crippen LogP contribution >= 0.6 is 11.8 Å². The Balaban J connectivity index is 1.64. The molecule has 2 atom stereocenters. The molecule has 0 aliphatic carbocycles. The van der Waals surface area contributed by atoms with Crippen molar-refractivity contribution in [3.8, 4) is 0 Å². The number of thioether (sulfide) groups is 1. The van der Waals surface area contributed by atoms with Crippen molar-refractivity contribution < 1.29 is 9.53 Å². The Labute approximate surface area is 148 Å². The summed E-state index contributed by atoms with van der Waals surface area (Å²) in [5.41, 5.74) is 2.11. The highest BCUT2D eigenvalue weighted by Gasteiger charge is 2.26. The molecule has 2 saturated heterocycles. The van der Waals surface area contributed by atoms with Crippen molar-refractivity contribution in [2.24, 2.45) is 0 Å². The monoisotopic (exact) mass is 349 g/mol. The second kappa shape index (κ2) is 8.23. The molecule has 6 heteroatoms. The SMILES string of the molecule is C[C@H]1CN(C(=O)Nc2ccccc2CN2CCSCC2)C[C@H](C)O1. The van der Waals surface area contributed by atoms with Crippen molar-refractivity contribution in [3.63, 3.8) is 0 Å². The molecule has 0 bridgehead atoms. The molecule has 5 nitrogen and oxygen atoms in total. The zero-order valence-corrected chi connectivity index (χ0v) is 15.3. The number of nitrogens with zero attached hydrogens (tertiary/aromatic N) is 2. The van der Waals surface area contributed by atoms with E-state index < -0.39 is 0 Å². The molecule has 3 rings (SSSR count). The van der Waals surface area contributed by atoms with Crippen LogP contribution in [0, 0.1) is 0 Å². The van der Waals surface area contributed by atoms with Gasteiger partial charge in [0.2, 0.25) is 0 Å². The van der Waals surface area contributed by atoms with E-state index in [-0.39, 0.29) is 18.2 Å². The lowest BCUT2D eigenvalue weighted by Gasteiger charge is -2.35. The highest BCUT2D eigenvalue weighted by molar-refractivity contribution is 7.99. The molecule has 0 unspecified atom stereocenters. The quantitative estimate of drug-likeness (QED) is 0.911. The second-order valence-corrected chi connectivity index (χ2v) is 7.86. The molecule has 0 saturated carbocycles. The highest BCUT2D eigenvalue weighted by Crippen LogP contribution is 2.21. The Kier molecular flexibility index (Phi) is 6.03. The van der Waals surface area contributed by atoms with Gasteiger partial charge < -0.3 is 15.0 Å². The molecule has 2 amide bonds. The summed E-state index contributed by atoms with van der Waals surface area (Å²) in [6, 6.07) is 8.11. The Hall–Kier alpha value is -1.24. The van der Waals surface area contributed by atoms with E-state index in [9.17, 15) is 4.79 Å². The number of carbonyl (C=O) groups excluding carboxylic acids is 1. The lowest BCUT2D eigenvalue weighted by atomic mass is 10.1. The summed E-state index contributed by atoms with van der Waals surface area (Å²) < 4.78 is 5.71. The van der Waals surface area contributed by atoms with Crippen molar-refractivity contribution in [1.82, 2.24) is 9.80 Å². The van der Waals surface area contributed by atoms with Gasteiger partial charge in [-0.05, 0) is 25.5 Å². The molecule has 1 aromatic carbocycles. The number of morpholine rings is 1. The summed E-state index contributed by atoms with van der Waals surface area (Å²) in [6.45, 7) is 8.43. The number of rotatable bonds is 3. The van der Waals surface area contributed by atoms with Crippen molar-refractivity contribution in [2.45, 2.75) is 32.6 Å². The van der Waals surface area contributed by atoms with Gasteiger partial charge in [0, 0.05) is 49.9 Å².